The van der Waals surface area contributed by atoms with Crippen LogP contribution >= 0.6 is 11.3 Å². The zero-order chi connectivity index (χ0) is 14.0. The van der Waals surface area contributed by atoms with Gasteiger partial charge in [-0.15, -0.1) is 11.3 Å². The van der Waals surface area contributed by atoms with Crippen LogP contribution in [0.15, 0.2) is 17.5 Å². The molecule has 0 radical (unpaired) electrons. The zero-order valence-electron chi connectivity index (χ0n) is 11.6. The lowest BCUT2D eigenvalue weighted by molar-refractivity contribution is 0.0526. The monoisotopic (exact) mass is 275 g/mol. The highest BCUT2D eigenvalue weighted by Gasteiger charge is 2.15. The maximum atomic E-state index is 11.6. The Morgan fingerprint density at radius 1 is 1.26 bits per heavy atom. The van der Waals surface area contributed by atoms with Gasteiger partial charge in [0.2, 0.25) is 5.01 Å². The number of aromatic nitrogens is 1. The van der Waals surface area contributed by atoms with Crippen LogP contribution in [0.4, 0.5) is 0 Å². The lowest BCUT2D eigenvalue weighted by atomic mass is 9.98. The summed E-state index contributed by atoms with van der Waals surface area (Å²) in [5, 5.41) is 2.33. The Kier molecular flexibility index (Phi) is 4.00. The number of benzene rings is 1. The molecule has 1 heterocycles. The van der Waals surface area contributed by atoms with Crippen molar-refractivity contribution in [1.82, 2.24) is 4.98 Å². The average molecular weight is 275 g/mol. The van der Waals surface area contributed by atoms with Crippen LogP contribution < -0.4 is 0 Å². The summed E-state index contributed by atoms with van der Waals surface area (Å²) >= 11 is 1.33. The lowest BCUT2D eigenvalue weighted by Crippen LogP contribution is -2.03. The third-order valence-electron chi connectivity index (χ3n) is 2.89. The Morgan fingerprint density at radius 2 is 1.89 bits per heavy atom. The molecule has 2 aromatic rings. The quantitative estimate of drug-likeness (QED) is 0.797. The first kappa shape index (κ1) is 13.7. The van der Waals surface area contributed by atoms with Gasteiger partial charge in [0.05, 0.1) is 12.3 Å². The van der Waals surface area contributed by atoms with Crippen molar-refractivity contribution in [1.29, 1.82) is 0 Å². The molecule has 19 heavy (non-hydrogen) atoms. The minimum atomic E-state index is -0.346. The normalized spacial score (nSPS) is 10.5. The number of rotatable bonds is 3. The van der Waals surface area contributed by atoms with Gasteiger partial charge in [-0.05, 0) is 38.8 Å². The summed E-state index contributed by atoms with van der Waals surface area (Å²) in [6.45, 7) is 8.38. The molecule has 0 atom stereocenters. The van der Waals surface area contributed by atoms with Gasteiger partial charge in [-0.25, -0.2) is 9.78 Å². The van der Waals surface area contributed by atoms with Crippen molar-refractivity contribution in [3.63, 3.8) is 0 Å². The molecule has 0 aliphatic heterocycles. The van der Waals surface area contributed by atoms with Gasteiger partial charge in [-0.2, -0.15) is 0 Å². The SMILES string of the molecule is CCOC(=O)c1nc(-c2c(C)cc(C)cc2C)cs1. The molecule has 0 bridgehead atoms. The van der Waals surface area contributed by atoms with Gasteiger partial charge in [-0.1, -0.05) is 17.7 Å². The standard InChI is InChI=1S/C15H17NO2S/c1-5-18-15(17)14-16-12(8-19-14)13-10(3)6-9(2)7-11(13)4/h6-8H,5H2,1-4H3. The molecule has 100 valence electrons. The molecule has 1 aromatic heterocycles. The van der Waals surface area contributed by atoms with Gasteiger partial charge in [0.25, 0.3) is 0 Å². The van der Waals surface area contributed by atoms with Crippen LogP contribution in [0.2, 0.25) is 0 Å². The van der Waals surface area contributed by atoms with E-state index in [4.69, 9.17) is 4.74 Å². The summed E-state index contributed by atoms with van der Waals surface area (Å²) in [5.41, 5.74) is 5.55. The van der Waals surface area contributed by atoms with Crippen molar-refractivity contribution in [2.45, 2.75) is 27.7 Å². The van der Waals surface area contributed by atoms with Crippen molar-refractivity contribution >= 4 is 17.3 Å². The number of ether oxygens (including phenoxy) is 1. The average Bonchev–Trinajstić information content (AvgIpc) is 2.77. The second-order valence-electron chi connectivity index (χ2n) is 4.53. The molecule has 0 fully saturated rings. The van der Waals surface area contributed by atoms with E-state index in [1.54, 1.807) is 6.92 Å². The van der Waals surface area contributed by atoms with E-state index in [2.05, 4.69) is 37.9 Å². The molecule has 0 saturated heterocycles. The highest BCUT2D eigenvalue weighted by atomic mass is 32.1. The van der Waals surface area contributed by atoms with Crippen molar-refractivity contribution in [2.24, 2.45) is 0 Å². The van der Waals surface area contributed by atoms with Crippen LogP contribution in [0.3, 0.4) is 0 Å². The van der Waals surface area contributed by atoms with Crippen molar-refractivity contribution < 1.29 is 9.53 Å². The van der Waals surface area contributed by atoms with Gasteiger partial charge < -0.3 is 4.74 Å². The third kappa shape index (κ3) is 2.84. The summed E-state index contributed by atoms with van der Waals surface area (Å²) in [5.74, 6) is -0.346. The van der Waals surface area contributed by atoms with Crippen LogP contribution in [0.5, 0.6) is 0 Å². The molecule has 3 nitrogen and oxygen atoms in total. The summed E-state index contributed by atoms with van der Waals surface area (Å²) in [4.78, 5) is 16.0. The number of hydrogen-bond donors (Lipinski definition) is 0. The Labute approximate surface area is 117 Å². The predicted molar refractivity (Wildman–Crippen MR) is 77.7 cm³/mol. The molecule has 0 unspecified atom stereocenters. The Bertz CT molecular complexity index is 593. The smallest absolute Gasteiger partial charge is 0.367 e. The largest absolute Gasteiger partial charge is 0.461 e. The fourth-order valence-corrected chi connectivity index (χ4v) is 2.96. The van der Waals surface area contributed by atoms with Crippen LogP contribution in [-0.2, 0) is 4.74 Å². The van der Waals surface area contributed by atoms with E-state index in [1.807, 2.05) is 5.38 Å². The summed E-state index contributed by atoms with van der Waals surface area (Å²) in [6.07, 6.45) is 0. The van der Waals surface area contributed by atoms with Gasteiger partial charge in [-0.3, -0.25) is 0 Å². The highest BCUT2D eigenvalue weighted by molar-refractivity contribution is 7.11. The Hall–Kier alpha value is -1.68. The number of carbonyl (C=O) groups excluding carboxylic acids is 1. The van der Waals surface area contributed by atoms with E-state index in [-0.39, 0.29) is 5.97 Å². The first-order valence-corrected chi connectivity index (χ1v) is 7.11. The van der Waals surface area contributed by atoms with E-state index in [1.165, 1.54) is 28.0 Å². The Balaban J connectivity index is 2.41. The fraction of sp³-hybridized carbons (Fsp3) is 0.333. The molecule has 0 saturated carbocycles. The molecule has 2 rings (SSSR count). The predicted octanol–water partition coefficient (Wildman–Crippen LogP) is 3.91. The highest BCUT2D eigenvalue weighted by Crippen LogP contribution is 2.29. The molecule has 0 aliphatic carbocycles. The fourth-order valence-electron chi connectivity index (χ4n) is 2.26. The van der Waals surface area contributed by atoms with E-state index >= 15 is 0 Å². The molecular formula is C15H17NO2S. The molecule has 4 heteroatoms. The van der Waals surface area contributed by atoms with Crippen molar-refractivity contribution in [3.05, 3.63) is 39.2 Å². The van der Waals surface area contributed by atoms with Gasteiger partial charge in [0.1, 0.15) is 0 Å². The number of aryl methyl sites for hydroxylation is 3. The van der Waals surface area contributed by atoms with Crippen LogP contribution in [0.25, 0.3) is 11.3 Å². The third-order valence-corrected chi connectivity index (χ3v) is 3.71. The van der Waals surface area contributed by atoms with Gasteiger partial charge in [0.15, 0.2) is 0 Å². The maximum Gasteiger partial charge on any atom is 0.367 e. The van der Waals surface area contributed by atoms with E-state index in [0.717, 1.165) is 11.3 Å². The molecule has 0 amide bonds. The number of carbonyl (C=O) groups is 1. The van der Waals surface area contributed by atoms with Crippen molar-refractivity contribution in [3.8, 4) is 11.3 Å². The summed E-state index contributed by atoms with van der Waals surface area (Å²) < 4.78 is 4.97. The van der Waals surface area contributed by atoms with E-state index in [9.17, 15) is 4.79 Å². The van der Waals surface area contributed by atoms with E-state index in [0.29, 0.717) is 11.6 Å². The van der Waals surface area contributed by atoms with Crippen molar-refractivity contribution in [2.75, 3.05) is 6.61 Å². The molecule has 0 aliphatic rings. The van der Waals surface area contributed by atoms with Crippen LogP contribution in [0, 0.1) is 20.8 Å². The lowest BCUT2D eigenvalue weighted by Gasteiger charge is -2.08. The second-order valence-corrected chi connectivity index (χ2v) is 5.39. The number of thiazole rings is 1. The summed E-state index contributed by atoms with van der Waals surface area (Å²) in [7, 11) is 0. The molecule has 1 aromatic carbocycles. The Morgan fingerprint density at radius 3 is 2.47 bits per heavy atom. The number of nitrogens with zero attached hydrogens (tertiary/aromatic N) is 1. The first-order chi connectivity index (χ1) is 9.02. The maximum absolute atomic E-state index is 11.6. The summed E-state index contributed by atoms with van der Waals surface area (Å²) in [6, 6.07) is 4.26. The van der Waals surface area contributed by atoms with Crippen LogP contribution in [-0.4, -0.2) is 17.6 Å². The second kappa shape index (κ2) is 5.53. The zero-order valence-corrected chi connectivity index (χ0v) is 12.4. The minimum absolute atomic E-state index is 0.346. The first-order valence-electron chi connectivity index (χ1n) is 6.23. The molecule has 0 N–H and O–H groups in total. The number of hydrogen-bond acceptors (Lipinski definition) is 4. The van der Waals surface area contributed by atoms with Gasteiger partial charge in [0, 0.05) is 10.9 Å². The van der Waals surface area contributed by atoms with Gasteiger partial charge >= 0.3 is 5.97 Å². The van der Waals surface area contributed by atoms with Crippen LogP contribution in [0.1, 0.15) is 33.4 Å². The molecule has 0 spiro atoms. The topological polar surface area (TPSA) is 39.2 Å². The number of esters is 1. The minimum Gasteiger partial charge on any atom is -0.461 e. The van der Waals surface area contributed by atoms with E-state index < -0.39 is 0 Å². The molecular weight excluding hydrogens is 258 g/mol.